The van der Waals surface area contributed by atoms with Crippen LogP contribution in [0.15, 0.2) is 36.4 Å². The summed E-state index contributed by atoms with van der Waals surface area (Å²) in [5, 5.41) is 2.85. The molecule has 138 valence electrons. The third kappa shape index (κ3) is 5.18. The van der Waals surface area contributed by atoms with Crippen LogP contribution in [0.25, 0.3) is 0 Å². The molecule has 6 heteroatoms. The number of piperidine rings is 1. The number of aromatic nitrogens is 2. The van der Waals surface area contributed by atoms with Crippen molar-refractivity contribution in [2.24, 2.45) is 5.92 Å². The van der Waals surface area contributed by atoms with Crippen molar-refractivity contribution in [3.05, 3.63) is 47.7 Å². The Labute approximate surface area is 154 Å². The first-order valence-corrected chi connectivity index (χ1v) is 9.14. The molecule has 1 saturated heterocycles. The van der Waals surface area contributed by atoms with E-state index in [1.807, 2.05) is 37.3 Å². The van der Waals surface area contributed by atoms with Gasteiger partial charge >= 0.3 is 0 Å². The summed E-state index contributed by atoms with van der Waals surface area (Å²) in [6, 6.07) is 11.6. The lowest BCUT2D eigenvalue weighted by Crippen LogP contribution is -2.35. The Balaban J connectivity index is 1.55. The summed E-state index contributed by atoms with van der Waals surface area (Å²) in [5.41, 5.74) is 1.90. The zero-order valence-corrected chi connectivity index (χ0v) is 15.4. The van der Waals surface area contributed by atoms with E-state index in [0.29, 0.717) is 24.3 Å². The fourth-order valence-corrected chi connectivity index (χ4v) is 3.10. The molecular weight excluding hydrogens is 328 g/mol. The van der Waals surface area contributed by atoms with Gasteiger partial charge in [0.25, 0.3) is 5.91 Å². The molecule has 0 bridgehead atoms. The maximum absolute atomic E-state index is 12.0. The Morgan fingerprint density at radius 3 is 2.88 bits per heavy atom. The first-order valence-electron chi connectivity index (χ1n) is 9.14. The quantitative estimate of drug-likeness (QED) is 0.864. The minimum absolute atomic E-state index is 0.0564. The number of carbonyl (C=O) groups excluding carboxylic acids is 1. The molecule has 2 heterocycles. The van der Waals surface area contributed by atoms with Gasteiger partial charge < -0.3 is 15.0 Å². The molecule has 6 nitrogen and oxygen atoms in total. The van der Waals surface area contributed by atoms with Crippen molar-refractivity contribution in [1.29, 1.82) is 0 Å². The number of amides is 1. The van der Waals surface area contributed by atoms with E-state index >= 15 is 0 Å². The molecule has 1 atom stereocenters. The van der Waals surface area contributed by atoms with E-state index in [4.69, 9.17) is 4.74 Å². The number of hydrogen-bond donors (Lipinski definition) is 1. The van der Waals surface area contributed by atoms with Crippen molar-refractivity contribution >= 4 is 11.9 Å². The van der Waals surface area contributed by atoms with Crippen molar-refractivity contribution in [2.45, 2.75) is 33.2 Å². The van der Waals surface area contributed by atoms with E-state index in [1.165, 1.54) is 6.42 Å². The van der Waals surface area contributed by atoms with Gasteiger partial charge in [-0.05, 0) is 31.2 Å². The summed E-state index contributed by atoms with van der Waals surface area (Å²) in [7, 11) is 0. The third-order valence-corrected chi connectivity index (χ3v) is 4.44. The molecule has 0 spiro atoms. The number of ether oxygens (including phenoxy) is 1. The van der Waals surface area contributed by atoms with E-state index in [-0.39, 0.29) is 12.5 Å². The Kier molecular flexibility index (Phi) is 6.04. The van der Waals surface area contributed by atoms with Gasteiger partial charge in [0.1, 0.15) is 0 Å². The molecule has 0 unspecified atom stereocenters. The minimum Gasteiger partial charge on any atom is -0.467 e. The Bertz CT molecular complexity index is 736. The molecule has 0 saturated carbocycles. The molecule has 1 N–H and O–H groups in total. The normalized spacial score (nSPS) is 17.0. The highest BCUT2D eigenvalue weighted by molar-refractivity contribution is 5.77. The molecular formula is C20H26N4O2. The Hall–Kier alpha value is -2.63. The molecule has 1 aromatic heterocycles. The van der Waals surface area contributed by atoms with Gasteiger partial charge in [-0.25, -0.2) is 4.98 Å². The first-order chi connectivity index (χ1) is 12.6. The fourth-order valence-electron chi connectivity index (χ4n) is 3.10. The van der Waals surface area contributed by atoms with Gasteiger partial charge in [-0.1, -0.05) is 37.3 Å². The summed E-state index contributed by atoms with van der Waals surface area (Å²) >= 11 is 0. The van der Waals surface area contributed by atoms with Crippen LogP contribution in [0, 0.1) is 12.8 Å². The van der Waals surface area contributed by atoms with Gasteiger partial charge in [0.05, 0.1) is 0 Å². The first kappa shape index (κ1) is 18.2. The molecule has 1 aliphatic heterocycles. The highest BCUT2D eigenvalue weighted by Crippen LogP contribution is 2.22. The number of hydrogen-bond acceptors (Lipinski definition) is 5. The number of rotatable bonds is 6. The van der Waals surface area contributed by atoms with Crippen LogP contribution >= 0.6 is 0 Å². The monoisotopic (exact) mass is 354 g/mol. The summed E-state index contributed by atoms with van der Waals surface area (Å²) in [6.45, 7) is 6.52. The number of nitrogens with zero attached hydrogens (tertiary/aromatic N) is 3. The molecule has 2 aromatic rings. The van der Waals surface area contributed by atoms with Gasteiger partial charge in [0.2, 0.25) is 11.8 Å². The lowest BCUT2D eigenvalue weighted by molar-refractivity contribution is -0.123. The van der Waals surface area contributed by atoms with E-state index in [9.17, 15) is 4.79 Å². The Morgan fingerprint density at radius 2 is 2.12 bits per heavy atom. The number of aryl methyl sites for hydroxylation is 1. The molecule has 1 aliphatic rings. The average Bonchev–Trinajstić information content (AvgIpc) is 2.65. The van der Waals surface area contributed by atoms with Gasteiger partial charge in [0.15, 0.2) is 6.61 Å². The van der Waals surface area contributed by atoms with Gasteiger partial charge in [0, 0.05) is 31.4 Å². The van der Waals surface area contributed by atoms with Crippen LogP contribution in [-0.2, 0) is 11.3 Å². The maximum Gasteiger partial charge on any atom is 0.258 e. The molecule has 3 rings (SSSR count). The van der Waals surface area contributed by atoms with Gasteiger partial charge in [-0.15, -0.1) is 0 Å². The maximum atomic E-state index is 12.0. The minimum atomic E-state index is -0.168. The predicted molar refractivity (Wildman–Crippen MR) is 101 cm³/mol. The highest BCUT2D eigenvalue weighted by Gasteiger charge is 2.19. The van der Waals surface area contributed by atoms with Crippen LogP contribution in [-0.4, -0.2) is 35.6 Å². The fraction of sp³-hybridized carbons (Fsp3) is 0.450. The number of anilines is 1. The number of carbonyl (C=O) groups is 1. The van der Waals surface area contributed by atoms with Crippen LogP contribution in [0.2, 0.25) is 0 Å². The summed E-state index contributed by atoms with van der Waals surface area (Å²) < 4.78 is 5.61. The van der Waals surface area contributed by atoms with Crippen LogP contribution in [0.3, 0.4) is 0 Å². The van der Waals surface area contributed by atoms with Crippen molar-refractivity contribution in [1.82, 2.24) is 15.3 Å². The average molecular weight is 354 g/mol. The van der Waals surface area contributed by atoms with Crippen molar-refractivity contribution in [3.8, 4) is 5.88 Å². The second-order valence-electron chi connectivity index (χ2n) is 6.89. The van der Waals surface area contributed by atoms with Crippen molar-refractivity contribution in [3.63, 3.8) is 0 Å². The zero-order chi connectivity index (χ0) is 18.4. The van der Waals surface area contributed by atoms with Crippen LogP contribution < -0.4 is 15.0 Å². The van der Waals surface area contributed by atoms with Gasteiger partial charge in [-0.2, -0.15) is 4.98 Å². The molecule has 1 fully saturated rings. The van der Waals surface area contributed by atoms with Crippen LogP contribution in [0.1, 0.15) is 31.0 Å². The second kappa shape index (κ2) is 8.65. The third-order valence-electron chi connectivity index (χ3n) is 4.44. The summed E-state index contributed by atoms with van der Waals surface area (Å²) in [5.74, 6) is 1.61. The summed E-state index contributed by atoms with van der Waals surface area (Å²) in [4.78, 5) is 23.2. The van der Waals surface area contributed by atoms with Gasteiger partial charge in [-0.3, -0.25) is 4.79 Å². The Morgan fingerprint density at radius 1 is 1.31 bits per heavy atom. The van der Waals surface area contributed by atoms with Crippen molar-refractivity contribution < 1.29 is 9.53 Å². The summed E-state index contributed by atoms with van der Waals surface area (Å²) in [6.07, 6.45) is 2.39. The second-order valence-corrected chi connectivity index (χ2v) is 6.89. The SMILES string of the molecule is Cc1cc(OCC(=O)NCc2ccccc2)nc(N2CCC[C@@H](C)C2)n1. The van der Waals surface area contributed by atoms with E-state index in [0.717, 1.165) is 30.8 Å². The molecule has 0 radical (unpaired) electrons. The number of nitrogens with one attached hydrogen (secondary N) is 1. The van der Waals surface area contributed by atoms with E-state index in [1.54, 1.807) is 6.07 Å². The lowest BCUT2D eigenvalue weighted by Gasteiger charge is -2.31. The predicted octanol–water partition coefficient (Wildman–Crippen LogP) is 2.72. The smallest absolute Gasteiger partial charge is 0.258 e. The molecule has 26 heavy (non-hydrogen) atoms. The topological polar surface area (TPSA) is 67.3 Å². The van der Waals surface area contributed by atoms with E-state index < -0.39 is 0 Å². The molecule has 1 amide bonds. The molecule has 1 aromatic carbocycles. The largest absolute Gasteiger partial charge is 0.467 e. The standard InChI is InChI=1S/C20H26N4O2/c1-15-7-6-10-24(13-15)20-22-16(2)11-19(23-20)26-14-18(25)21-12-17-8-4-3-5-9-17/h3-5,8-9,11,15H,6-7,10,12-14H2,1-2H3,(H,21,25)/t15-/m1/s1. The van der Waals surface area contributed by atoms with Crippen LogP contribution in [0.4, 0.5) is 5.95 Å². The van der Waals surface area contributed by atoms with E-state index in [2.05, 4.69) is 27.1 Å². The number of benzene rings is 1. The molecule has 0 aliphatic carbocycles. The lowest BCUT2D eigenvalue weighted by atomic mass is 10.0. The zero-order valence-electron chi connectivity index (χ0n) is 15.4. The highest BCUT2D eigenvalue weighted by atomic mass is 16.5. The van der Waals surface area contributed by atoms with Crippen LogP contribution in [0.5, 0.6) is 5.88 Å². The van der Waals surface area contributed by atoms with Crippen molar-refractivity contribution in [2.75, 3.05) is 24.6 Å².